The van der Waals surface area contributed by atoms with Gasteiger partial charge in [-0.25, -0.2) is 0 Å². The summed E-state index contributed by atoms with van der Waals surface area (Å²) in [5.41, 5.74) is 0. The molecule has 0 aromatic heterocycles. The Morgan fingerprint density at radius 3 is 1.54 bits per heavy atom. The smallest absolute Gasteiger partial charge is 0.306 e. The van der Waals surface area contributed by atoms with Crippen LogP contribution in [0.4, 0.5) is 0 Å². The molecule has 0 saturated heterocycles. The molecule has 0 amide bonds. The number of allylic oxidation sites excluding steroid dienone is 14. The van der Waals surface area contributed by atoms with Crippen molar-refractivity contribution in [2.45, 2.75) is 155 Å². The van der Waals surface area contributed by atoms with Crippen LogP contribution in [0.1, 0.15) is 149 Å². The number of phosphoric acid groups is 1. The van der Waals surface area contributed by atoms with Crippen LogP contribution >= 0.6 is 7.82 Å². The third-order valence-corrected chi connectivity index (χ3v) is 9.61. The lowest BCUT2D eigenvalue weighted by Gasteiger charge is -2.28. The SMILES string of the molecule is CC/C=C\C/C=C\C/C=C\C/C=C\C/C=C\CCCC(=O)OC(COC(=O)CCCCCCC/C=C\C/C=C\CCCCCC)COP(=O)([O-])OCC[N+](C)(C)C. The molecule has 10 heteroatoms. The second-order valence-electron chi connectivity index (χ2n) is 15.3. The van der Waals surface area contributed by atoms with Crippen molar-refractivity contribution in [1.29, 1.82) is 0 Å². The maximum Gasteiger partial charge on any atom is 0.306 e. The molecule has 0 fully saturated rings. The zero-order valence-electron chi connectivity index (χ0n) is 36.5. The Balaban J connectivity index is 4.51. The molecule has 0 rings (SSSR count). The largest absolute Gasteiger partial charge is 0.756 e. The van der Waals surface area contributed by atoms with E-state index in [1.807, 2.05) is 27.2 Å². The third kappa shape index (κ3) is 42.6. The van der Waals surface area contributed by atoms with Crippen LogP contribution in [0.3, 0.4) is 0 Å². The van der Waals surface area contributed by atoms with Crippen molar-refractivity contribution in [2.75, 3.05) is 47.5 Å². The summed E-state index contributed by atoms with van der Waals surface area (Å²) in [6.07, 6.45) is 49.0. The number of carbonyl (C=O) groups excluding carboxylic acids is 2. The molecule has 0 spiro atoms. The van der Waals surface area contributed by atoms with Gasteiger partial charge in [-0.05, 0) is 83.5 Å². The van der Waals surface area contributed by atoms with Crippen LogP contribution in [0.25, 0.3) is 0 Å². The van der Waals surface area contributed by atoms with E-state index in [0.717, 1.165) is 70.6 Å². The fourth-order valence-electron chi connectivity index (χ4n) is 5.25. The molecule has 0 radical (unpaired) electrons. The molecule has 2 atom stereocenters. The molecule has 0 aliphatic heterocycles. The molecule has 0 saturated carbocycles. The molecule has 0 aromatic rings. The summed E-state index contributed by atoms with van der Waals surface area (Å²) in [6.45, 7) is 3.99. The van der Waals surface area contributed by atoms with E-state index in [-0.39, 0.29) is 26.1 Å². The number of hydrogen-bond donors (Lipinski definition) is 0. The van der Waals surface area contributed by atoms with E-state index >= 15 is 0 Å². The first-order valence-electron chi connectivity index (χ1n) is 21.8. The zero-order valence-corrected chi connectivity index (χ0v) is 37.4. The van der Waals surface area contributed by atoms with Gasteiger partial charge < -0.3 is 27.9 Å². The maximum absolute atomic E-state index is 12.6. The first-order valence-corrected chi connectivity index (χ1v) is 23.3. The summed E-state index contributed by atoms with van der Waals surface area (Å²) in [5, 5.41) is 0. The molecule has 0 aromatic carbocycles. The summed E-state index contributed by atoms with van der Waals surface area (Å²) < 4.78 is 33.8. The molecule has 326 valence electrons. The van der Waals surface area contributed by atoms with E-state index in [9.17, 15) is 19.0 Å². The van der Waals surface area contributed by atoms with Crippen molar-refractivity contribution in [3.8, 4) is 0 Å². The van der Waals surface area contributed by atoms with Crippen LogP contribution in [0.2, 0.25) is 0 Å². The highest BCUT2D eigenvalue weighted by molar-refractivity contribution is 7.45. The van der Waals surface area contributed by atoms with Gasteiger partial charge in [0.25, 0.3) is 7.82 Å². The average molecular weight is 818 g/mol. The van der Waals surface area contributed by atoms with Gasteiger partial charge in [-0.3, -0.25) is 14.2 Å². The van der Waals surface area contributed by atoms with E-state index in [2.05, 4.69) is 92.8 Å². The lowest BCUT2D eigenvalue weighted by atomic mass is 10.1. The van der Waals surface area contributed by atoms with E-state index < -0.39 is 32.5 Å². The molecular formula is C47H80NO8P. The average Bonchev–Trinajstić information content (AvgIpc) is 3.16. The van der Waals surface area contributed by atoms with Gasteiger partial charge in [0.1, 0.15) is 19.8 Å². The number of quaternary nitrogens is 1. The predicted octanol–water partition coefficient (Wildman–Crippen LogP) is 11.8. The summed E-state index contributed by atoms with van der Waals surface area (Å²) in [5.74, 6) is -0.928. The second-order valence-corrected chi connectivity index (χ2v) is 16.7. The number of ether oxygens (including phenoxy) is 2. The normalized spacial score (nSPS) is 14.4. The number of hydrogen-bond acceptors (Lipinski definition) is 8. The first-order chi connectivity index (χ1) is 27.5. The quantitative estimate of drug-likeness (QED) is 0.0199. The van der Waals surface area contributed by atoms with Gasteiger partial charge in [-0.2, -0.15) is 0 Å². The van der Waals surface area contributed by atoms with Crippen molar-refractivity contribution in [3.63, 3.8) is 0 Å². The molecule has 57 heavy (non-hydrogen) atoms. The number of nitrogens with zero attached hydrogens (tertiary/aromatic N) is 1. The standard InChI is InChI=1S/C47H80NO8P/c1-6-8-10-12-14-16-18-20-22-24-26-28-30-32-34-36-38-40-47(50)56-45(44-55-57(51,52)54-42-41-48(3,4)5)43-53-46(49)39-37-35-33-31-29-27-25-23-21-19-17-15-13-11-9-7-2/h8,10,14,16-17,19-20,22-23,25-26,28,32,34,45H,6-7,9,11-13,15,18,21,24,27,29-31,33,35-44H2,1-5H3/b10-8-,16-14-,19-17-,22-20-,25-23-,28-26-,34-32-. The minimum atomic E-state index is -4.65. The van der Waals surface area contributed by atoms with Crippen LogP contribution in [0, 0.1) is 0 Å². The monoisotopic (exact) mass is 818 g/mol. The molecule has 0 aliphatic rings. The van der Waals surface area contributed by atoms with Crippen LogP contribution in [0.15, 0.2) is 85.1 Å². The van der Waals surface area contributed by atoms with E-state index in [4.69, 9.17) is 18.5 Å². The van der Waals surface area contributed by atoms with Crippen molar-refractivity contribution in [1.82, 2.24) is 0 Å². The molecule has 9 nitrogen and oxygen atoms in total. The molecule has 0 heterocycles. The number of phosphoric ester groups is 1. The lowest BCUT2D eigenvalue weighted by Crippen LogP contribution is -2.37. The Labute approximate surface area is 348 Å². The first kappa shape index (κ1) is 54.2. The number of esters is 2. The summed E-state index contributed by atoms with van der Waals surface area (Å²) in [6, 6.07) is 0. The molecule has 0 aliphatic carbocycles. The molecular weight excluding hydrogens is 737 g/mol. The van der Waals surface area contributed by atoms with Crippen LogP contribution in [0.5, 0.6) is 0 Å². The Morgan fingerprint density at radius 2 is 1.02 bits per heavy atom. The van der Waals surface area contributed by atoms with Crippen molar-refractivity contribution < 1.29 is 42.1 Å². The van der Waals surface area contributed by atoms with Crippen molar-refractivity contribution in [3.05, 3.63) is 85.1 Å². The van der Waals surface area contributed by atoms with Gasteiger partial charge in [0, 0.05) is 12.8 Å². The van der Waals surface area contributed by atoms with Gasteiger partial charge in [0.05, 0.1) is 27.7 Å². The minimum absolute atomic E-state index is 0.0485. The van der Waals surface area contributed by atoms with E-state index in [0.29, 0.717) is 30.3 Å². The van der Waals surface area contributed by atoms with Gasteiger partial charge in [0.15, 0.2) is 6.10 Å². The number of unbranched alkanes of at least 4 members (excludes halogenated alkanes) is 10. The zero-order chi connectivity index (χ0) is 42.1. The molecule has 0 N–H and O–H groups in total. The van der Waals surface area contributed by atoms with Gasteiger partial charge in [-0.1, -0.05) is 137 Å². The summed E-state index contributed by atoms with van der Waals surface area (Å²) in [4.78, 5) is 37.5. The van der Waals surface area contributed by atoms with Gasteiger partial charge in [-0.15, -0.1) is 0 Å². The number of carbonyl (C=O) groups is 2. The van der Waals surface area contributed by atoms with E-state index in [1.165, 1.54) is 32.1 Å². The lowest BCUT2D eigenvalue weighted by molar-refractivity contribution is -0.870. The van der Waals surface area contributed by atoms with Crippen molar-refractivity contribution >= 4 is 19.8 Å². The fourth-order valence-corrected chi connectivity index (χ4v) is 5.98. The minimum Gasteiger partial charge on any atom is -0.756 e. The Morgan fingerprint density at radius 1 is 0.561 bits per heavy atom. The Bertz CT molecular complexity index is 1240. The predicted molar refractivity (Wildman–Crippen MR) is 236 cm³/mol. The Kier molecular flexibility index (Phi) is 36.8. The van der Waals surface area contributed by atoms with Gasteiger partial charge >= 0.3 is 11.9 Å². The summed E-state index contributed by atoms with van der Waals surface area (Å²) in [7, 11) is 1.11. The van der Waals surface area contributed by atoms with E-state index in [1.54, 1.807) is 0 Å². The van der Waals surface area contributed by atoms with Crippen molar-refractivity contribution in [2.24, 2.45) is 0 Å². The number of rotatable bonds is 38. The number of likely N-dealkylation sites (N-methyl/N-ethyl adjacent to an activating group) is 1. The fraction of sp³-hybridized carbons (Fsp3) is 0.660. The second kappa shape index (κ2) is 38.7. The van der Waals surface area contributed by atoms with Crippen LogP contribution in [-0.4, -0.2) is 70.0 Å². The highest BCUT2D eigenvalue weighted by Crippen LogP contribution is 2.38. The maximum atomic E-state index is 12.6. The van der Waals surface area contributed by atoms with Crippen LogP contribution < -0.4 is 4.89 Å². The summed E-state index contributed by atoms with van der Waals surface area (Å²) >= 11 is 0. The van der Waals surface area contributed by atoms with Gasteiger partial charge in [0.2, 0.25) is 0 Å². The van der Waals surface area contributed by atoms with Crippen LogP contribution in [-0.2, 0) is 32.7 Å². The third-order valence-electron chi connectivity index (χ3n) is 8.65. The Hall–Kier alpha value is -2.81. The topological polar surface area (TPSA) is 111 Å². The highest BCUT2D eigenvalue weighted by Gasteiger charge is 2.21. The molecule has 2 unspecified atom stereocenters. The molecule has 0 bridgehead atoms. The highest BCUT2D eigenvalue weighted by atomic mass is 31.2.